The summed E-state index contributed by atoms with van der Waals surface area (Å²) in [7, 11) is 0. The minimum atomic E-state index is 0.546. The van der Waals surface area contributed by atoms with Crippen LogP contribution in [0, 0.1) is 0 Å². The molecule has 0 radical (unpaired) electrons. The molecule has 0 aliphatic rings. The Morgan fingerprint density at radius 3 is 1.07 bits per heavy atom. The zero-order chi connectivity index (χ0) is 21.1. The largest absolute Gasteiger partial charge is 0.397 e. The summed E-state index contributed by atoms with van der Waals surface area (Å²) in [6.45, 7) is 0. The molecule has 0 atom stereocenters. The lowest BCUT2D eigenvalue weighted by atomic mass is 9.85. The van der Waals surface area contributed by atoms with E-state index in [1.807, 2.05) is 72.8 Å². The first-order valence-corrected chi connectivity index (χ1v) is 9.70. The molecule has 8 N–H and O–H groups in total. The molecule has 148 valence electrons. The van der Waals surface area contributed by atoms with E-state index >= 15 is 0 Å². The second-order valence-electron chi connectivity index (χ2n) is 7.17. The van der Waals surface area contributed by atoms with Gasteiger partial charge in [0.25, 0.3) is 0 Å². The fourth-order valence-corrected chi connectivity index (χ4v) is 3.58. The van der Waals surface area contributed by atoms with Crippen molar-refractivity contribution in [3.05, 3.63) is 119 Å². The average Bonchev–Trinajstić information content (AvgIpc) is 2.77. The summed E-state index contributed by atoms with van der Waals surface area (Å²) in [5.74, 6) is 0. The molecule has 0 aromatic heterocycles. The molecule has 0 saturated heterocycles. The third-order valence-electron chi connectivity index (χ3n) is 5.13. The van der Waals surface area contributed by atoms with E-state index in [1.165, 1.54) is 0 Å². The molecule has 0 aliphatic carbocycles. The topological polar surface area (TPSA) is 104 Å². The number of benzene rings is 4. The monoisotopic (exact) mass is 392 g/mol. The molecule has 0 amide bonds. The lowest BCUT2D eigenvalue weighted by molar-refractivity contribution is 1.50. The van der Waals surface area contributed by atoms with Gasteiger partial charge in [-0.3, -0.25) is 0 Å². The second-order valence-corrected chi connectivity index (χ2v) is 7.17. The van der Waals surface area contributed by atoms with Crippen molar-refractivity contribution in [2.24, 2.45) is 0 Å². The Balaban J connectivity index is 2.12. The third kappa shape index (κ3) is 3.71. The van der Waals surface area contributed by atoms with Crippen molar-refractivity contribution in [1.82, 2.24) is 0 Å². The molecule has 0 aliphatic heterocycles. The molecule has 4 rings (SSSR count). The fraction of sp³-hybridized carbons (Fsp3) is 0. The number of nitrogen functional groups attached to an aromatic ring is 4. The molecule has 0 spiro atoms. The molecule has 0 heterocycles. The Bertz CT molecular complexity index is 1120. The Kier molecular flexibility index (Phi) is 5.14. The van der Waals surface area contributed by atoms with Gasteiger partial charge >= 0.3 is 0 Å². The van der Waals surface area contributed by atoms with Crippen LogP contribution in [0.1, 0.15) is 22.3 Å². The van der Waals surface area contributed by atoms with Gasteiger partial charge in [0.15, 0.2) is 0 Å². The van der Waals surface area contributed by atoms with Crippen LogP contribution in [-0.2, 0) is 0 Å². The summed E-state index contributed by atoms with van der Waals surface area (Å²) >= 11 is 0. The van der Waals surface area contributed by atoms with E-state index < -0.39 is 0 Å². The SMILES string of the molecule is Nc1ccc(/C(=C(\c2ccccc2)c2ccc(N)c(N)c2)c2ccccc2)cc1N. The maximum atomic E-state index is 6.17. The van der Waals surface area contributed by atoms with Crippen LogP contribution in [-0.4, -0.2) is 0 Å². The van der Waals surface area contributed by atoms with Crippen molar-refractivity contribution in [2.45, 2.75) is 0 Å². The first-order chi connectivity index (χ1) is 14.5. The average molecular weight is 393 g/mol. The summed E-state index contributed by atoms with van der Waals surface area (Å²) in [5, 5.41) is 0. The molecule has 4 nitrogen and oxygen atoms in total. The maximum absolute atomic E-state index is 6.17. The zero-order valence-corrected chi connectivity index (χ0v) is 16.5. The Labute approximate surface area is 176 Å². The summed E-state index contributed by atoms with van der Waals surface area (Å²) in [4.78, 5) is 0. The summed E-state index contributed by atoms with van der Waals surface area (Å²) in [6, 6.07) is 32.0. The normalized spacial score (nSPS) is 11.7. The first-order valence-electron chi connectivity index (χ1n) is 9.70. The highest BCUT2D eigenvalue weighted by molar-refractivity contribution is 6.05. The molecular formula is C26H24N4. The molecule has 4 heteroatoms. The molecular weight excluding hydrogens is 368 g/mol. The molecule has 4 aromatic carbocycles. The Morgan fingerprint density at radius 1 is 0.367 bits per heavy atom. The van der Waals surface area contributed by atoms with Gasteiger partial charge < -0.3 is 22.9 Å². The quantitative estimate of drug-likeness (QED) is 0.289. The van der Waals surface area contributed by atoms with Crippen LogP contribution in [0.2, 0.25) is 0 Å². The highest BCUT2D eigenvalue weighted by atomic mass is 14.7. The molecule has 0 saturated carbocycles. The van der Waals surface area contributed by atoms with Crippen LogP contribution in [0.3, 0.4) is 0 Å². The van der Waals surface area contributed by atoms with Crippen LogP contribution in [0.5, 0.6) is 0 Å². The minimum absolute atomic E-state index is 0.546. The van der Waals surface area contributed by atoms with Gasteiger partial charge in [-0.05, 0) is 57.7 Å². The van der Waals surface area contributed by atoms with Crippen LogP contribution in [0.25, 0.3) is 11.1 Å². The van der Waals surface area contributed by atoms with E-state index in [1.54, 1.807) is 0 Å². The minimum Gasteiger partial charge on any atom is -0.397 e. The molecule has 0 unspecified atom stereocenters. The van der Waals surface area contributed by atoms with Crippen molar-refractivity contribution < 1.29 is 0 Å². The maximum Gasteiger partial charge on any atom is 0.0554 e. The smallest absolute Gasteiger partial charge is 0.0554 e. The highest BCUT2D eigenvalue weighted by Gasteiger charge is 2.17. The summed E-state index contributed by atoms with van der Waals surface area (Å²) in [5.41, 5.74) is 32.7. The van der Waals surface area contributed by atoms with Crippen LogP contribution in [0.4, 0.5) is 22.7 Å². The van der Waals surface area contributed by atoms with Crippen molar-refractivity contribution in [3.8, 4) is 0 Å². The van der Waals surface area contributed by atoms with Gasteiger partial charge in [0.1, 0.15) is 0 Å². The molecule has 4 aromatic rings. The number of anilines is 4. The first kappa shape index (κ1) is 19.2. The van der Waals surface area contributed by atoms with E-state index in [0.29, 0.717) is 22.7 Å². The highest BCUT2D eigenvalue weighted by Crippen LogP contribution is 2.38. The molecule has 0 bridgehead atoms. The Morgan fingerprint density at radius 2 is 0.733 bits per heavy atom. The zero-order valence-electron chi connectivity index (χ0n) is 16.5. The van der Waals surface area contributed by atoms with Crippen molar-refractivity contribution in [3.63, 3.8) is 0 Å². The Hall–Kier alpha value is -4.18. The van der Waals surface area contributed by atoms with E-state index in [2.05, 4.69) is 24.3 Å². The standard InChI is InChI=1S/C26H24N4/c27-21-13-11-19(15-23(21)29)25(17-7-3-1-4-8-17)26(18-9-5-2-6-10-18)20-12-14-22(28)24(30)16-20/h1-16H,27-30H2/b26-25+. The van der Waals surface area contributed by atoms with Gasteiger partial charge in [0.05, 0.1) is 22.7 Å². The molecule has 30 heavy (non-hydrogen) atoms. The van der Waals surface area contributed by atoms with E-state index in [0.717, 1.165) is 33.4 Å². The summed E-state index contributed by atoms with van der Waals surface area (Å²) in [6.07, 6.45) is 0. The van der Waals surface area contributed by atoms with E-state index in [-0.39, 0.29) is 0 Å². The lowest BCUT2D eigenvalue weighted by Gasteiger charge is -2.19. The van der Waals surface area contributed by atoms with Crippen molar-refractivity contribution in [2.75, 3.05) is 22.9 Å². The van der Waals surface area contributed by atoms with Crippen molar-refractivity contribution in [1.29, 1.82) is 0 Å². The van der Waals surface area contributed by atoms with Gasteiger partial charge in [0.2, 0.25) is 0 Å². The van der Waals surface area contributed by atoms with E-state index in [9.17, 15) is 0 Å². The molecule has 0 fully saturated rings. The second kappa shape index (κ2) is 8.05. The van der Waals surface area contributed by atoms with Gasteiger partial charge in [-0.2, -0.15) is 0 Å². The number of hydrogen-bond acceptors (Lipinski definition) is 4. The fourth-order valence-electron chi connectivity index (χ4n) is 3.58. The van der Waals surface area contributed by atoms with Crippen molar-refractivity contribution >= 4 is 33.9 Å². The van der Waals surface area contributed by atoms with Gasteiger partial charge in [0, 0.05) is 0 Å². The van der Waals surface area contributed by atoms with Gasteiger partial charge in [-0.15, -0.1) is 0 Å². The predicted octanol–water partition coefficient (Wildman–Crippen LogP) is 5.02. The van der Waals surface area contributed by atoms with Crippen LogP contribution in [0.15, 0.2) is 97.1 Å². The third-order valence-corrected chi connectivity index (χ3v) is 5.13. The van der Waals surface area contributed by atoms with Gasteiger partial charge in [-0.1, -0.05) is 72.8 Å². The van der Waals surface area contributed by atoms with Gasteiger partial charge in [-0.25, -0.2) is 0 Å². The summed E-state index contributed by atoms with van der Waals surface area (Å²) < 4.78 is 0. The lowest BCUT2D eigenvalue weighted by Crippen LogP contribution is -2.01. The number of rotatable bonds is 4. The van der Waals surface area contributed by atoms with Crippen LogP contribution >= 0.6 is 0 Å². The number of nitrogens with two attached hydrogens (primary N) is 4. The van der Waals surface area contributed by atoms with E-state index in [4.69, 9.17) is 22.9 Å². The number of hydrogen-bond donors (Lipinski definition) is 4. The predicted molar refractivity (Wildman–Crippen MR) is 128 cm³/mol. The van der Waals surface area contributed by atoms with Crippen LogP contribution < -0.4 is 22.9 Å².